The van der Waals surface area contributed by atoms with Gasteiger partial charge in [0.15, 0.2) is 0 Å². The summed E-state index contributed by atoms with van der Waals surface area (Å²) in [4.78, 5) is 4.41. The van der Waals surface area contributed by atoms with Crippen molar-refractivity contribution in [1.82, 2.24) is 9.55 Å². The lowest BCUT2D eigenvalue weighted by atomic mass is 10.1. The number of hydrogen-bond acceptors (Lipinski definition) is 2. The van der Waals surface area contributed by atoms with Crippen LogP contribution in [0.15, 0.2) is 6.20 Å². The predicted molar refractivity (Wildman–Crippen MR) is 52.4 cm³/mol. The molecular formula is C10H17N3. The molecule has 3 nitrogen and oxygen atoms in total. The van der Waals surface area contributed by atoms with Gasteiger partial charge < -0.3 is 10.3 Å². The maximum atomic E-state index is 6.04. The van der Waals surface area contributed by atoms with Crippen LogP contribution in [0.4, 0.5) is 0 Å². The summed E-state index contributed by atoms with van der Waals surface area (Å²) < 4.78 is 2.28. The Morgan fingerprint density at radius 3 is 2.92 bits per heavy atom. The summed E-state index contributed by atoms with van der Waals surface area (Å²) in [6, 6.07) is 0. The summed E-state index contributed by atoms with van der Waals surface area (Å²) in [7, 11) is 0. The molecule has 0 spiro atoms. The summed E-state index contributed by atoms with van der Waals surface area (Å²) in [6.07, 6.45) is 5.68. The molecule has 0 unspecified atom stereocenters. The van der Waals surface area contributed by atoms with Crippen LogP contribution in [-0.2, 0) is 18.5 Å². The van der Waals surface area contributed by atoms with Gasteiger partial charge in [0.2, 0.25) is 0 Å². The average Bonchev–Trinajstić information content (AvgIpc) is 2.45. The third-order valence-electron chi connectivity index (χ3n) is 2.58. The molecule has 1 aliphatic rings. The van der Waals surface area contributed by atoms with Gasteiger partial charge in [0.05, 0.1) is 5.54 Å². The van der Waals surface area contributed by atoms with Gasteiger partial charge in [-0.3, -0.25) is 0 Å². The van der Waals surface area contributed by atoms with Crippen LogP contribution in [0.25, 0.3) is 0 Å². The van der Waals surface area contributed by atoms with Crippen molar-refractivity contribution in [3.63, 3.8) is 0 Å². The first-order valence-electron chi connectivity index (χ1n) is 4.93. The van der Waals surface area contributed by atoms with Gasteiger partial charge in [-0.1, -0.05) is 0 Å². The zero-order valence-electron chi connectivity index (χ0n) is 8.38. The summed E-state index contributed by atoms with van der Waals surface area (Å²) in [5.41, 5.74) is 7.08. The molecule has 72 valence electrons. The van der Waals surface area contributed by atoms with Gasteiger partial charge in [-0.15, -0.1) is 0 Å². The highest BCUT2D eigenvalue weighted by Gasteiger charge is 2.23. The molecule has 1 aromatic heterocycles. The SMILES string of the molecule is CC(C)(N)c1ncc2n1CCCC2. The lowest BCUT2D eigenvalue weighted by molar-refractivity contribution is 0.439. The van der Waals surface area contributed by atoms with E-state index < -0.39 is 0 Å². The van der Waals surface area contributed by atoms with Crippen LogP contribution < -0.4 is 5.73 Å². The van der Waals surface area contributed by atoms with Crippen LogP contribution in [-0.4, -0.2) is 9.55 Å². The van der Waals surface area contributed by atoms with Gasteiger partial charge in [-0.2, -0.15) is 0 Å². The van der Waals surface area contributed by atoms with Gasteiger partial charge in [0.25, 0.3) is 0 Å². The van der Waals surface area contributed by atoms with E-state index in [9.17, 15) is 0 Å². The smallest absolute Gasteiger partial charge is 0.128 e. The molecule has 0 saturated carbocycles. The van der Waals surface area contributed by atoms with E-state index in [1.165, 1.54) is 18.5 Å². The monoisotopic (exact) mass is 179 g/mol. The highest BCUT2D eigenvalue weighted by atomic mass is 15.1. The number of aromatic nitrogens is 2. The van der Waals surface area contributed by atoms with E-state index in [1.807, 2.05) is 20.0 Å². The second kappa shape index (κ2) is 2.84. The Morgan fingerprint density at radius 1 is 1.46 bits per heavy atom. The van der Waals surface area contributed by atoms with Gasteiger partial charge in [0.1, 0.15) is 5.82 Å². The number of nitrogens with two attached hydrogens (primary N) is 1. The number of imidazole rings is 1. The summed E-state index contributed by atoms with van der Waals surface area (Å²) in [5.74, 6) is 1.03. The molecule has 0 aromatic carbocycles. The van der Waals surface area contributed by atoms with Crippen molar-refractivity contribution >= 4 is 0 Å². The highest BCUT2D eigenvalue weighted by Crippen LogP contribution is 2.22. The number of fused-ring (bicyclic) bond motifs is 1. The molecule has 2 rings (SSSR count). The van der Waals surface area contributed by atoms with Crippen LogP contribution in [0.1, 0.15) is 38.2 Å². The normalized spacial score (nSPS) is 17.2. The van der Waals surface area contributed by atoms with Crippen molar-refractivity contribution < 1.29 is 0 Å². The largest absolute Gasteiger partial charge is 0.331 e. The van der Waals surface area contributed by atoms with E-state index in [2.05, 4.69) is 9.55 Å². The van der Waals surface area contributed by atoms with E-state index in [4.69, 9.17) is 5.73 Å². The fraction of sp³-hybridized carbons (Fsp3) is 0.700. The molecule has 2 N–H and O–H groups in total. The molecule has 0 fully saturated rings. The number of rotatable bonds is 1. The number of aryl methyl sites for hydroxylation is 1. The summed E-state index contributed by atoms with van der Waals surface area (Å²) in [5, 5.41) is 0. The molecule has 0 saturated heterocycles. The van der Waals surface area contributed by atoms with Crippen molar-refractivity contribution in [2.45, 2.75) is 45.2 Å². The molecule has 0 bridgehead atoms. The van der Waals surface area contributed by atoms with Crippen molar-refractivity contribution in [2.75, 3.05) is 0 Å². The van der Waals surface area contributed by atoms with E-state index in [-0.39, 0.29) is 5.54 Å². The van der Waals surface area contributed by atoms with Gasteiger partial charge >= 0.3 is 0 Å². The number of hydrogen-bond donors (Lipinski definition) is 1. The summed E-state index contributed by atoms with van der Waals surface area (Å²) >= 11 is 0. The fourth-order valence-electron chi connectivity index (χ4n) is 1.95. The van der Waals surface area contributed by atoms with Crippen LogP contribution in [0.5, 0.6) is 0 Å². The molecule has 0 atom stereocenters. The molecule has 0 aliphatic carbocycles. The first-order valence-corrected chi connectivity index (χ1v) is 4.93. The molecule has 3 heteroatoms. The predicted octanol–water partition coefficient (Wildman–Crippen LogP) is 1.41. The quantitative estimate of drug-likeness (QED) is 0.708. The first-order chi connectivity index (χ1) is 6.09. The van der Waals surface area contributed by atoms with E-state index in [0.717, 1.165) is 18.8 Å². The van der Waals surface area contributed by atoms with Crippen LogP contribution in [0.3, 0.4) is 0 Å². The topological polar surface area (TPSA) is 43.8 Å². The molecule has 1 aliphatic heterocycles. The van der Waals surface area contributed by atoms with E-state index >= 15 is 0 Å². The molecule has 2 heterocycles. The second-order valence-electron chi connectivity index (χ2n) is 4.40. The zero-order chi connectivity index (χ0) is 9.47. The summed E-state index contributed by atoms with van der Waals surface area (Å²) in [6.45, 7) is 5.11. The Bertz CT molecular complexity index is 306. The minimum absolute atomic E-state index is 0.310. The fourth-order valence-corrected chi connectivity index (χ4v) is 1.95. The van der Waals surface area contributed by atoms with Crippen molar-refractivity contribution in [3.05, 3.63) is 17.7 Å². The van der Waals surface area contributed by atoms with Crippen LogP contribution in [0.2, 0.25) is 0 Å². The maximum absolute atomic E-state index is 6.04. The minimum Gasteiger partial charge on any atom is -0.331 e. The lowest BCUT2D eigenvalue weighted by Crippen LogP contribution is -2.33. The molecule has 13 heavy (non-hydrogen) atoms. The highest BCUT2D eigenvalue weighted by molar-refractivity contribution is 5.13. The average molecular weight is 179 g/mol. The Balaban J connectivity index is 2.43. The van der Waals surface area contributed by atoms with Gasteiger partial charge in [0, 0.05) is 18.4 Å². The number of nitrogens with zero attached hydrogens (tertiary/aromatic N) is 2. The molecule has 1 aromatic rings. The lowest BCUT2D eigenvalue weighted by Gasteiger charge is -2.23. The third kappa shape index (κ3) is 1.48. The first kappa shape index (κ1) is 8.75. The Labute approximate surface area is 79.0 Å². The molecular weight excluding hydrogens is 162 g/mol. The van der Waals surface area contributed by atoms with E-state index in [0.29, 0.717) is 0 Å². The standard InChI is InChI=1S/C10H17N3/c1-10(2,11)9-12-7-8-5-3-4-6-13(8)9/h7H,3-6,11H2,1-2H3. The van der Waals surface area contributed by atoms with Crippen molar-refractivity contribution in [2.24, 2.45) is 5.73 Å². The third-order valence-corrected chi connectivity index (χ3v) is 2.58. The zero-order valence-corrected chi connectivity index (χ0v) is 8.38. The minimum atomic E-state index is -0.310. The van der Waals surface area contributed by atoms with Gasteiger partial charge in [-0.05, 0) is 33.1 Å². The Kier molecular flexibility index (Phi) is 1.91. The van der Waals surface area contributed by atoms with Crippen molar-refractivity contribution in [1.29, 1.82) is 0 Å². The molecule has 0 radical (unpaired) electrons. The Morgan fingerprint density at radius 2 is 2.23 bits per heavy atom. The van der Waals surface area contributed by atoms with Gasteiger partial charge in [-0.25, -0.2) is 4.98 Å². The van der Waals surface area contributed by atoms with Crippen LogP contribution >= 0.6 is 0 Å². The van der Waals surface area contributed by atoms with Crippen molar-refractivity contribution in [3.8, 4) is 0 Å². The Hall–Kier alpha value is -0.830. The van der Waals surface area contributed by atoms with E-state index in [1.54, 1.807) is 0 Å². The second-order valence-corrected chi connectivity index (χ2v) is 4.40. The van der Waals surface area contributed by atoms with Crippen LogP contribution in [0, 0.1) is 0 Å². The maximum Gasteiger partial charge on any atom is 0.128 e. The molecule has 0 amide bonds.